The molecule has 27 heavy (non-hydrogen) atoms. The topological polar surface area (TPSA) is 90.8 Å². The van der Waals surface area contributed by atoms with Crippen molar-refractivity contribution in [2.45, 2.75) is 20.4 Å². The lowest BCUT2D eigenvalue weighted by Crippen LogP contribution is -2.27. The van der Waals surface area contributed by atoms with E-state index < -0.39 is 0 Å². The van der Waals surface area contributed by atoms with Crippen LogP contribution in [-0.4, -0.2) is 37.0 Å². The van der Waals surface area contributed by atoms with Crippen LogP contribution in [0.25, 0.3) is 22.5 Å². The lowest BCUT2D eigenvalue weighted by atomic mass is 10.1. The molecule has 0 aromatic carbocycles. The zero-order chi connectivity index (χ0) is 19.0. The van der Waals surface area contributed by atoms with Crippen LogP contribution < -0.4 is 5.32 Å². The van der Waals surface area contributed by atoms with Crippen LogP contribution in [0.4, 0.5) is 0 Å². The normalized spacial score (nSPS) is 11.2. The number of hydrogen-bond acceptors (Lipinski definition) is 5. The molecule has 0 aliphatic rings. The number of amides is 1. The van der Waals surface area contributed by atoms with Gasteiger partial charge in [-0.25, -0.2) is 4.98 Å². The Morgan fingerprint density at radius 1 is 1.33 bits per heavy atom. The van der Waals surface area contributed by atoms with Gasteiger partial charge in [-0.3, -0.25) is 14.2 Å². The second-order valence-electron chi connectivity index (χ2n) is 6.48. The van der Waals surface area contributed by atoms with Crippen molar-refractivity contribution in [1.82, 2.24) is 29.9 Å². The van der Waals surface area contributed by atoms with Crippen molar-refractivity contribution in [2.24, 2.45) is 7.05 Å². The molecule has 0 saturated carbocycles. The number of carbonyl (C=O) groups is 1. The minimum atomic E-state index is -0.171. The predicted octanol–water partition coefficient (Wildman–Crippen LogP) is 2.47. The molecule has 4 heterocycles. The highest BCUT2D eigenvalue weighted by Gasteiger charge is 2.19. The molecule has 0 fully saturated rings. The van der Waals surface area contributed by atoms with Gasteiger partial charge in [0, 0.05) is 19.8 Å². The third kappa shape index (κ3) is 3.21. The summed E-state index contributed by atoms with van der Waals surface area (Å²) in [6, 6.07) is 5.36. The van der Waals surface area contributed by atoms with Crippen LogP contribution in [0, 0.1) is 13.8 Å². The lowest BCUT2D eigenvalue weighted by Gasteiger charge is -2.08. The average molecular weight is 364 g/mol. The van der Waals surface area contributed by atoms with Crippen LogP contribution in [-0.2, 0) is 13.6 Å². The smallest absolute Gasteiger partial charge is 0.252 e. The Balaban J connectivity index is 1.65. The Morgan fingerprint density at radius 3 is 2.89 bits per heavy atom. The van der Waals surface area contributed by atoms with Gasteiger partial charge < -0.3 is 9.73 Å². The molecule has 0 saturated heterocycles. The molecular weight excluding hydrogens is 344 g/mol. The van der Waals surface area contributed by atoms with Crippen LogP contribution in [0.1, 0.15) is 21.6 Å². The molecule has 0 radical (unpaired) electrons. The summed E-state index contributed by atoms with van der Waals surface area (Å²) in [4.78, 5) is 17.5. The molecule has 0 atom stereocenters. The molecule has 4 rings (SSSR count). The maximum Gasteiger partial charge on any atom is 0.252 e. The third-order valence-corrected chi connectivity index (χ3v) is 4.38. The number of fused-ring (bicyclic) bond motifs is 1. The van der Waals surface area contributed by atoms with Crippen LogP contribution in [0.15, 0.2) is 41.3 Å². The Bertz CT molecular complexity index is 1110. The standard InChI is InChI=1S/C19H20N6O2/c1-12-10-21-25(11-12)7-6-20-19(26)14-9-15(16-5-4-8-27-16)22-18-17(14)13(2)23-24(18)3/h4-5,8-11H,6-7H2,1-3H3,(H,20,26). The molecule has 8 nitrogen and oxygen atoms in total. The number of pyridine rings is 1. The number of aryl methyl sites for hydroxylation is 3. The molecule has 1 amide bonds. The summed E-state index contributed by atoms with van der Waals surface area (Å²) >= 11 is 0. The van der Waals surface area contributed by atoms with E-state index in [1.54, 1.807) is 34.0 Å². The van der Waals surface area contributed by atoms with Gasteiger partial charge in [-0.1, -0.05) is 0 Å². The zero-order valence-corrected chi connectivity index (χ0v) is 15.4. The fraction of sp³-hybridized carbons (Fsp3) is 0.263. The Labute approximate surface area is 155 Å². The minimum absolute atomic E-state index is 0.171. The van der Waals surface area contributed by atoms with Crippen LogP contribution in [0.2, 0.25) is 0 Å². The van der Waals surface area contributed by atoms with Crippen LogP contribution in [0.3, 0.4) is 0 Å². The third-order valence-electron chi connectivity index (χ3n) is 4.38. The summed E-state index contributed by atoms with van der Waals surface area (Å²) in [5.41, 5.74) is 3.64. The summed E-state index contributed by atoms with van der Waals surface area (Å²) in [6.45, 7) is 4.93. The minimum Gasteiger partial charge on any atom is -0.463 e. The maximum atomic E-state index is 12.9. The van der Waals surface area contributed by atoms with E-state index in [0.717, 1.165) is 16.6 Å². The van der Waals surface area contributed by atoms with E-state index in [9.17, 15) is 4.79 Å². The molecule has 0 aliphatic carbocycles. The first-order chi connectivity index (χ1) is 13.0. The van der Waals surface area contributed by atoms with E-state index in [2.05, 4.69) is 20.5 Å². The molecule has 1 N–H and O–H groups in total. The number of rotatable bonds is 5. The van der Waals surface area contributed by atoms with Crippen molar-refractivity contribution in [1.29, 1.82) is 0 Å². The fourth-order valence-electron chi connectivity index (χ4n) is 3.14. The van der Waals surface area contributed by atoms with Crippen molar-refractivity contribution >= 4 is 16.9 Å². The highest BCUT2D eigenvalue weighted by Crippen LogP contribution is 2.27. The van der Waals surface area contributed by atoms with E-state index in [1.165, 1.54) is 0 Å². The largest absolute Gasteiger partial charge is 0.463 e. The average Bonchev–Trinajstić information content (AvgIpc) is 3.37. The van der Waals surface area contributed by atoms with Gasteiger partial charge in [-0.05, 0) is 37.6 Å². The molecule has 0 bridgehead atoms. The first kappa shape index (κ1) is 17.0. The van der Waals surface area contributed by atoms with Crippen LogP contribution in [0.5, 0.6) is 0 Å². The second kappa shape index (κ2) is 6.71. The Hall–Kier alpha value is -3.42. The van der Waals surface area contributed by atoms with E-state index >= 15 is 0 Å². The summed E-state index contributed by atoms with van der Waals surface area (Å²) < 4.78 is 8.94. The summed E-state index contributed by atoms with van der Waals surface area (Å²) in [7, 11) is 1.82. The number of hydrogen-bond donors (Lipinski definition) is 1. The highest BCUT2D eigenvalue weighted by atomic mass is 16.3. The van der Waals surface area contributed by atoms with Crippen molar-refractivity contribution < 1.29 is 9.21 Å². The van der Waals surface area contributed by atoms with Crippen molar-refractivity contribution in [2.75, 3.05) is 6.54 Å². The van der Waals surface area contributed by atoms with Gasteiger partial charge in [0.2, 0.25) is 0 Å². The lowest BCUT2D eigenvalue weighted by molar-refractivity contribution is 0.0953. The van der Waals surface area contributed by atoms with Gasteiger partial charge in [-0.2, -0.15) is 10.2 Å². The molecule has 4 aromatic heterocycles. The maximum absolute atomic E-state index is 12.9. The second-order valence-corrected chi connectivity index (χ2v) is 6.48. The zero-order valence-electron chi connectivity index (χ0n) is 15.4. The van der Waals surface area contributed by atoms with Gasteiger partial charge in [0.05, 0.1) is 35.6 Å². The molecule has 0 aliphatic heterocycles. The summed E-state index contributed by atoms with van der Waals surface area (Å²) in [5, 5.41) is 12.4. The summed E-state index contributed by atoms with van der Waals surface area (Å²) in [5.74, 6) is 0.437. The molecule has 4 aromatic rings. The van der Waals surface area contributed by atoms with Gasteiger partial charge in [0.1, 0.15) is 5.69 Å². The monoisotopic (exact) mass is 364 g/mol. The molecular formula is C19H20N6O2. The number of carbonyl (C=O) groups excluding carboxylic acids is 1. The van der Waals surface area contributed by atoms with Crippen molar-refractivity contribution in [3.8, 4) is 11.5 Å². The van der Waals surface area contributed by atoms with E-state index in [-0.39, 0.29) is 5.91 Å². The first-order valence-electron chi connectivity index (χ1n) is 8.68. The molecule has 138 valence electrons. The van der Waals surface area contributed by atoms with E-state index in [4.69, 9.17) is 4.42 Å². The van der Waals surface area contributed by atoms with Gasteiger partial charge >= 0.3 is 0 Å². The number of nitrogens with zero attached hydrogens (tertiary/aromatic N) is 5. The van der Waals surface area contributed by atoms with E-state index in [1.807, 2.05) is 33.2 Å². The Kier molecular flexibility index (Phi) is 4.23. The number of nitrogens with one attached hydrogen (secondary N) is 1. The molecule has 0 spiro atoms. The predicted molar refractivity (Wildman–Crippen MR) is 100 cm³/mol. The van der Waals surface area contributed by atoms with Gasteiger partial charge in [-0.15, -0.1) is 0 Å². The Morgan fingerprint density at radius 2 is 2.19 bits per heavy atom. The number of furan rings is 1. The fourth-order valence-corrected chi connectivity index (χ4v) is 3.14. The highest BCUT2D eigenvalue weighted by molar-refractivity contribution is 6.07. The SMILES string of the molecule is Cc1cnn(CCNC(=O)c2cc(-c3ccco3)nc3c2c(C)nn3C)c1. The van der Waals surface area contributed by atoms with Crippen molar-refractivity contribution in [3.63, 3.8) is 0 Å². The quantitative estimate of drug-likeness (QED) is 0.587. The van der Waals surface area contributed by atoms with Crippen LogP contribution >= 0.6 is 0 Å². The van der Waals surface area contributed by atoms with Gasteiger partial charge in [0.15, 0.2) is 11.4 Å². The molecule has 0 unspecified atom stereocenters. The summed E-state index contributed by atoms with van der Waals surface area (Å²) in [6.07, 6.45) is 5.32. The van der Waals surface area contributed by atoms with Gasteiger partial charge in [0.25, 0.3) is 5.91 Å². The van der Waals surface area contributed by atoms with E-state index in [0.29, 0.717) is 35.8 Å². The molecule has 8 heteroatoms. The first-order valence-corrected chi connectivity index (χ1v) is 8.68. The number of aromatic nitrogens is 5. The van der Waals surface area contributed by atoms with Crippen molar-refractivity contribution in [3.05, 3.63) is 53.7 Å².